The number of aliphatic hydroxyl groups excluding tert-OH is 1. The molecule has 6 rings (SSSR count). The van der Waals surface area contributed by atoms with Crippen molar-refractivity contribution in [1.29, 1.82) is 0 Å². The lowest BCUT2D eigenvalue weighted by Crippen LogP contribution is -2.67. The SMILES string of the molecule is COC(=O)NC(C(=O)NC(Cc1ccc(C#Cc2ccc(N3CC[N+]4([O-])CCOC[C@H]4C3)nc2)cc1)C(O)CN(Cc1c(F)cc(-c2ccn(C(F)F)n2)cc1F)NC(=O)C(NC(=O)OC)C(C)(C)C(F)(F)F)C(C)(C)C(F)(F)F. The number of hydrazine groups is 1. The molecule has 4 aromatic rings. The molecule has 5 N–H and O–H groups in total. The Balaban J connectivity index is 1.33. The first kappa shape index (κ1) is 61.9. The monoisotopic (exact) mass is 1140 g/mol. The van der Waals surface area contributed by atoms with Crippen LogP contribution in [-0.2, 0) is 36.8 Å². The van der Waals surface area contributed by atoms with Crippen LogP contribution in [0.5, 0.6) is 0 Å². The fourth-order valence-corrected chi connectivity index (χ4v) is 8.66. The number of fused-ring (bicyclic) bond motifs is 1. The van der Waals surface area contributed by atoms with Gasteiger partial charge in [0.2, 0.25) is 5.91 Å². The number of piperazine rings is 1. The van der Waals surface area contributed by atoms with Crippen molar-refractivity contribution in [3.63, 3.8) is 0 Å². The number of nitrogens with zero attached hydrogens (tertiary/aromatic N) is 6. The standard InChI is InChI=1S/C51H58F10N10O9/c1-48(2,50(56,57)58)41(64-46(75)78-5)43(73)63-38(21-30-10-7-29(8-11-30)9-12-31-13-14-40(62-24-31)68-17-18-71(77)19-20-80-28-33(71)25-68)39(72)27-69(67-44(74)42(65-47(76)79-6)49(3,4)51(59,60)61)26-34-35(52)22-32(23-36(34)53)37-15-16-70(66-37)45(54)55/h7-8,10-11,13-16,22-24,33,38-39,41-42,45,72H,17-21,25-28H2,1-6H3,(H,63,73)(H,64,75)(H,65,76)(H,67,74)/t33-,38?,39?,41?,42?,71?/m1/s1. The molecule has 4 amide bonds. The van der Waals surface area contributed by atoms with Gasteiger partial charge in [-0.2, -0.15) is 40.2 Å². The molecule has 2 fully saturated rings. The Bertz CT molecular complexity index is 2880. The lowest BCUT2D eigenvalue weighted by Gasteiger charge is -2.55. The second-order valence-corrected chi connectivity index (χ2v) is 20.1. The molecular formula is C51H58F10N10O9. The molecule has 2 aliphatic heterocycles. The van der Waals surface area contributed by atoms with E-state index in [-0.39, 0.29) is 32.2 Å². The Morgan fingerprint density at radius 3 is 1.96 bits per heavy atom. The molecule has 0 aliphatic carbocycles. The minimum absolute atomic E-state index is 0.191. The maximum atomic E-state index is 16.0. The number of aliphatic hydroxyl groups is 1. The van der Waals surface area contributed by atoms with Gasteiger partial charge in [-0.25, -0.2) is 33.0 Å². The maximum absolute atomic E-state index is 16.0. The number of aromatic nitrogens is 3. The van der Waals surface area contributed by atoms with Crippen LogP contribution in [0.3, 0.4) is 0 Å². The number of carbonyl (C=O) groups excluding carboxylic acids is 4. The molecule has 2 aliphatic rings. The molecule has 0 radical (unpaired) electrons. The number of benzene rings is 2. The fourth-order valence-electron chi connectivity index (χ4n) is 8.66. The summed E-state index contributed by atoms with van der Waals surface area (Å²) in [4.78, 5) is 59.3. The summed E-state index contributed by atoms with van der Waals surface area (Å²) in [5.41, 5.74) is -4.62. The quantitative estimate of drug-likeness (QED) is 0.0250. The van der Waals surface area contributed by atoms with Crippen LogP contribution < -0.4 is 26.3 Å². The molecule has 2 saturated heterocycles. The zero-order valence-electron chi connectivity index (χ0n) is 43.9. The normalized spacial score (nSPS) is 18.4. The molecule has 5 unspecified atom stereocenters. The van der Waals surface area contributed by atoms with Gasteiger partial charge in [-0.3, -0.25) is 15.0 Å². The number of hydrogen-bond donors (Lipinski definition) is 5. The summed E-state index contributed by atoms with van der Waals surface area (Å²) in [6.07, 6.45) is -13.7. The molecule has 0 bridgehead atoms. The summed E-state index contributed by atoms with van der Waals surface area (Å²) in [5, 5.41) is 35.1. The van der Waals surface area contributed by atoms with Crippen LogP contribution in [0.15, 0.2) is 67.0 Å². The first-order valence-corrected chi connectivity index (χ1v) is 24.5. The van der Waals surface area contributed by atoms with E-state index < -0.39 is 115 Å². The van der Waals surface area contributed by atoms with Gasteiger partial charge in [0.15, 0.2) is 0 Å². The van der Waals surface area contributed by atoms with Gasteiger partial charge in [0.05, 0.1) is 69.1 Å². The summed E-state index contributed by atoms with van der Waals surface area (Å²) in [6.45, 7) is -0.735. The average molecular weight is 1150 g/mol. The van der Waals surface area contributed by atoms with E-state index >= 15 is 8.78 Å². The molecule has 2 aromatic heterocycles. The summed E-state index contributed by atoms with van der Waals surface area (Å²) in [7, 11) is 1.59. The summed E-state index contributed by atoms with van der Waals surface area (Å²) in [6, 6.07) is 4.65. The van der Waals surface area contributed by atoms with Gasteiger partial charge in [0, 0.05) is 47.7 Å². The number of alkyl halides is 8. The number of ether oxygens (including phenoxy) is 3. The number of pyridine rings is 1. The van der Waals surface area contributed by atoms with E-state index in [0.29, 0.717) is 101 Å². The van der Waals surface area contributed by atoms with Crippen LogP contribution in [0.25, 0.3) is 11.3 Å². The molecule has 436 valence electrons. The smallest absolute Gasteiger partial charge is 0.407 e. The van der Waals surface area contributed by atoms with E-state index in [1.807, 2.05) is 15.6 Å². The third-order valence-electron chi connectivity index (χ3n) is 14.0. The molecule has 19 nitrogen and oxygen atoms in total. The Morgan fingerprint density at radius 1 is 0.850 bits per heavy atom. The van der Waals surface area contributed by atoms with Crippen molar-refractivity contribution < 1.29 is 87.0 Å². The van der Waals surface area contributed by atoms with Crippen LogP contribution in [0.4, 0.5) is 59.3 Å². The van der Waals surface area contributed by atoms with E-state index in [1.54, 1.807) is 23.6 Å². The third kappa shape index (κ3) is 14.7. The molecule has 29 heteroatoms. The number of morpholine rings is 1. The predicted octanol–water partition coefficient (Wildman–Crippen LogP) is 6.10. The van der Waals surface area contributed by atoms with Crippen LogP contribution in [-0.4, -0.2) is 156 Å². The number of hydroxylamine groups is 3. The molecule has 6 atom stereocenters. The number of rotatable bonds is 18. The van der Waals surface area contributed by atoms with Crippen molar-refractivity contribution >= 4 is 29.8 Å². The highest BCUT2D eigenvalue weighted by Crippen LogP contribution is 2.42. The van der Waals surface area contributed by atoms with Crippen molar-refractivity contribution in [3.05, 3.63) is 106 Å². The van der Waals surface area contributed by atoms with Crippen LogP contribution in [0.2, 0.25) is 0 Å². The minimum atomic E-state index is -5.24. The zero-order valence-corrected chi connectivity index (χ0v) is 43.9. The highest BCUT2D eigenvalue weighted by Gasteiger charge is 2.57. The molecule has 0 spiro atoms. The Morgan fingerprint density at radius 2 is 1.43 bits per heavy atom. The number of nitrogens with one attached hydrogen (secondary N) is 4. The second-order valence-electron chi connectivity index (χ2n) is 20.1. The largest absolute Gasteiger partial charge is 0.632 e. The van der Waals surface area contributed by atoms with Crippen molar-refractivity contribution in [2.45, 2.75) is 89.8 Å². The zero-order chi connectivity index (χ0) is 59.1. The first-order chi connectivity index (χ1) is 37.4. The number of quaternary nitrogens is 1. The van der Waals surface area contributed by atoms with Gasteiger partial charge < -0.3 is 50.0 Å². The molecular weight excluding hydrogens is 1090 g/mol. The topological polar surface area (TPSA) is 225 Å². The number of anilines is 1. The summed E-state index contributed by atoms with van der Waals surface area (Å²) < 4.78 is 160. The number of alkyl carbamates (subject to hydrolysis) is 2. The van der Waals surface area contributed by atoms with E-state index in [2.05, 4.69) is 36.7 Å². The average Bonchev–Trinajstić information content (AvgIpc) is 3.98. The lowest BCUT2D eigenvalue weighted by molar-refractivity contribution is -0.914. The van der Waals surface area contributed by atoms with Crippen molar-refractivity contribution in [2.24, 2.45) is 10.8 Å². The summed E-state index contributed by atoms with van der Waals surface area (Å²) >= 11 is 0. The van der Waals surface area contributed by atoms with Gasteiger partial charge in [-0.15, -0.1) is 0 Å². The summed E-state index contributed by atoms with van der Waals surface area (Å²) in [5.74, 6) is 0.438. The molecule has 80 heavy (non-hydrogen) atoms. The number of methoxy groups -OCH3 is 2. The number of amides is 4. The first-order valence-electron chi connectivity index (χ1n) is 24.5. The van der Waals surface area contributed by atoms with Crippen LogP contribution >= 0.6 is 0 Å². The lowest BCUT2D eigenvalue weighted by atomic mass is 9.82. The predicted molar refractivity (Wildman–Crippen MR) is 264 cm³/mol. The maximum Gasteiger partial charge on any atom is 0.407 e. The van der Waals surface area contributed by atoms with E-state index in [9.17, 15) is 64.6 Å². The third-order valence-corrected chi connectivity index (χ3v) is 14.0. The van der Waals surface area contributed by atoms with Crippen molar-refractivity contribution in [1.82, 2.24) is 41.1 Å². The number of halogens is 10. The molecule has 2 aromatic carbocycles. The fraction of sp³-hybridized carbons (Fsp3) is 0.490. The van der Waals surface area contributed by atoms with Crippen LogP contribution in [0, 0.1) is 39.5 Å². The Hall–Kier alpha value is -7.26. The van der Waals surface area contributed by atoms with Gasteiger partial charge >= 0.3 is 31.1 Å². The highest BCUT2D eigenvalue weighted by atomic mass is 19.4. The van der Waals surface area contributed by atoms with Crippen molar-refractivity contribution in [3.8, 4) is 23.1 Å². The van der Waals surface area contributed by atoms with Crippen molar-refractivity contribution in [2.75, 3.05) is 65.1 Å². The molecule has 4 heterocycles. The van der Waals surface area contributed by atoms with Crippen LogP contribution in [0.1, 0.15) is 56.5 Å². The Labute approximate surface area is 452 Å². The highest BCUT2D eigenvalue weighted by molar-refractivity contribution is 5.87. The van der Waals surface area contributed by atoms with Gasteiger partial charge in [-0.1, -0.05) is 24.0 Å². The number of carbonyl (C=O) groups is 4. The number of hydrogen-bond acceptors (Lipinski definition) is 13. The van der Waals surface area contributed by atoms with E-state index in [0.717, 1.165) is 26.5 Å². The van der Waals surface area contributed by atoms with Gasteiger partial charge in [0.25, 0.3) is 5.91 Å². The van der Waals surface area contributed by atoms with E-state index in [1.165, 1.54) is 24.3 Å². The molecule has 0 saturated carbocycles. The van der Waals surface area contributed by atoms with Gasteiger partial charge in [-0.05, 0) is 82.1 Å². The van der Waals surface area contributed by atoms with Gasteiger partial charge in [0.1, 0.15) is 48.7 Å². The minimum Gasteiger partial charge on any atom is -0.632 e. The van der Waals surface area contributed by atoms with E-state index in [4.69, 9.17) is 4.74 Å². The second kappa shape index (κ2) is 25.0. The Kier molecular flexibility index (Phi) is 19.4.